The van der Waals surface area contributed by atoms with Crippen molar-refractivity contribution < 1.29 is 9.47 Å². The van der Waals surface area contributed by atoms with Crippen LogP contribution in [-0.4, -0.2) is 36.3 Å². The lowest BCUT2D eigenvalue weighted by molar-refractivity contribution is 0.171. The molecule has 0 atom stereocenters. The van der Waals surface area contributed by atoms with Crippen LogP contribution in [0.25, 0.3) is 10.9 Å². The minimum atomic E-state index is 0.571. The van der Waals surface area contributed by atoms with Crippen LogP contribution in [0.2, 0.25) is 0 Å². The molecule has 6 heteroatoms. The number of ether oxygens (including phenoxy) is 2. The second kappa shape index (κ2) is 7.54. The number of nitrogens with zero attached hydrogens (tertiary/aromatic N) is 3. The van der Waals surface area contributed by atoms with Crippen molar-refractivity contribution in [3.05, 3.63) is 42.5 Å². The van der Waals surface area contributed by atoms with Gasteiger partial charge in [0.2, 0.25) is 5.95 Å². The molecule has 2 aliphatic heterocycles. The fourth-order valence-corrected chi connectivity index (χ4v) is 3.89. The van der Waals surface area contributed by atoms with Crippen molar-refractivity contribution in [3.63, 3.8) is 0 Å². The Morgan fingerprint density at radius 2 is 1.61 bits per heavy atom. The molecule has 1 fully saturated rings. The quantitative estimate of drug-likeness (QED) is 0.725. The number of hydrogen-bond acceptors (Lipinski definition) is 6. The van der Waals surface area contributed by atoms with E-state index in [1.54, 1.807) is 0 Å². The van der Waals surface area contributed by atoms with Gasteiger partial charge in [-0.15, -0.1) is 0 Å². The summed E-state index contributed by atoms with van der Waals surface area (Å²) in [6.45, 7) is 3.25. The summed E-state index contributed by atoms with van der Waals surface area (Å²) in [6.07, 6.45) is 5.01. The van der Waals surface area contributed by atoms with Gasteiger partial charge in [0.05, 0.1) is 5.52 Å². The van der Waals surface area contributed by atoms with Crippen LogP contribution in [0.5, 0.6) is 11.5 Å². The van der Waals surface area contributed by atoms with Crippen LogP contribution in [0.15, 0.2) is 42.5 Å². The fourth-order valence-electron chi connectivity index (χ4n) is 3.89. The lowest BCUT2D eigenvalue weighted by Gasteiger charge is -2.23. The number of anilines is 3. The van der Waals surface area contributed by atoms with Crippen LogP contribution in [0.3, 0.4) is 0 Å². The summed E-state index contributed by atoms with van der Waals surface area (Å²) in [5, 5.41) is 4.47. The minimum Gasteiger partial charge on any atom is -0.486 e. The highest BCUT2D eigenvalue weighted by molar-refractivity contribution is 5.90. The maximum absolute atomic E-state index is 5.69. The molecule has 1 saturated heterocycles. The third-order valence-electron chi connectivity index (χ3n) is 5.29. The molecule has 1 aromatic heterocycles. The van der Waals surface area contributed by atoms with E-state index in [-0.39, 0.29) is 0 Å². The lowest BCUT2D eigenvalue weighted by Crippen LogP contribution is -2.25. The van der Waals surface area contributed by atoms with E-state index < -0.39 is 0 Å². The molecule has 0 bridgehead atoms. The van der Waals surface area contributed by atoms with Gasteiger partial charge in [-0.25, -0.2) is 4.98 Å². The normalized spacial score (nSPS) is 16.6. The Kier molecular flexibility index (Phi) is 4.61. The summed E-state index contributed by atoms with van der Waals surface area (Å²) in [7, 11) is 0. The van der Waals surface area contributed by atoms with E-state index in [9.17, 15) is 0 Å². The van der Waals surface area contributed by atoms with Gasteiger partial charge in [0.15, 0.2) is 11.5 Å². The van der Waals surface area contributed by atoms with Crippen molar-refractivity contribution in [2.24, 2.45) is 0 Å². The summed E-state index contributed by atoms with van der Waals surface area (Å²) in [5.74, 6) is 3.16. The Hall–Kier alpha value is -3.02. The van der Waals surface area contributed by atoms with Gasteiger partial charge in [-0.1, -0.05) is 25.0 Å². The molecule has 0 saturated carbocycles. The number of hydrogen-bond donors (Lipinski definition) is 1. The zero-order valence-electron chi connectivity index (χ0n) is 15.9. The molecule has 3 aromatic rings. The molecule has 0 unspecified atom stereocenters. The number of para-hydroxylation sites is 1. The zero-order chi connectivity index (χ0) is 18.8. The van der Waals surface area contributed by atoms with Crippen LogP contribution in [0, 0.1) is 0 Å². The SMILES string of the molecule is c1ccc2c(N3CCCCCC3)nc(Nc3ccc4c(c3)OCCO4)nc2c1. The van der Waals surface area contributed by atoms with Crippen LogP contribution >= 0.6 is 0 Å². The first-order chi connectivity index (χ1) is 13.9. The van der Waals surface area contributed by atoms with E-state index >= 15 is 0 Å². The highest BCUT2D eigenvalue weighted by Crippen LogP contribution is 2.34. The number of aromatic nitrogens is 2. The maximum atomic E-state index is 5.69. The molecule has 2 aliphatic rings. The lowest BCUT2D eigenvalue weighted by atomic mass is 10.2. The van der Waals surface area contributed by atoms with Crippen LogP contribution < -0.4 is 19.7 Å². The molecule has 28 heavy (non-hydrogen) atoms. The van der Waals surface area contributed by atoms with Gasteiger partial charge in [-0.05, 0) is 37.1 Å². The standard InChI is InChI=1S/C22H24N4O2/c1-2-6-12-26(11-5-1)21-17-7-3-4-8-18(17)24-22(25-21)23-16-9-10-19-20(15-16)28-14-13-27-19/h3-4,7-10,15H,1-2,5-6,11-14H2,(H,23,24,25). The summed E-state index contributed by atoms with van der Waals surface area (Å²) in [6, 6.07) is 14.1. The maximum Gasteiger partial charge on any atom is 0.229 e. The molecule has 144 valence electrons. The molecule has 6 nitrogen and oxygen atoms in total. The highest BCUT2D eigenvalue weighted by Gasteiger charge is 2.17. The smallest absolute Gasteiger partial charge is 0.229 e. The zero-order valence-corrected chi connectivity index (χ0v) is 15.9. The van der Waals surface area contributed by atoms with Crippen molar-refractivity contribution in [2.45, 2.75) is 25.7 Å². The Morgan fingerprint density at radius 1 is 0.821 bits per heavy atom. The summed E-state index contributed by atoms with van der Waals surface area (Å²) in [5.41, 5.74) is 1.85. The Balaban J connectivity index is 1.51. The third-order valence-corrected chi connectivity index (χ3v) is 5.29. The first kappa shape index (κ1) is 17.1. The first-order valence-corrected chi connectivity index (χ1v) is 10.1. The van der Waals surface area contributed by atoms with E-state index in [1.165, 1.54) is 25.7 Å². The van der Waals surface area contributed by atoms with Gasteiger partial charge in [0, 0.05) is 30.2 Å². The molecule has 3 heterocycles. The van der Waals surface area contributed by atoms with E-state index in [4.69, 9.17) is 19.4 Å². The summed E-state index contributed by atoms with van der Waals surface area (Å²) < 4.78 is 11.3. The second-order valence-electron chi connectivity index (χ2n) is 7.27. The fraction of sp³-hybridized carbons (Fsp3) is 0.364. The Labute approximate surface area is 164 Å². The molecule has 0 amide bonds. The molecule has 2 aromatic carbocycles. The third kappa shape index (κ3) is 3.42. The van der Waals surface area contributed by atoms with E-state index in [0.717, 1.165) is 47.0 Å². The largest absolute Gasteiger partial charge is 0.486 e. The predicted molar refractivity (Wildman–Crippen MR) is 111 cm³/mol. The molecule has 0 aliphatic carbocycles. The second-order valence-corrected chi connectivity index (χ2v) is 7.27. The van der Waals surface area contributed by atoms with E-state index in [2.05, 4.69) is 22.3 Å². The van der Waals surface area contributed by atoms with Gasteiger partial charge in [-0.3, -0.25) is 0 Å². The molecular weight excluding hydrogens is 352 g/mol. The molecular formula is C22H24N4O2. The highest BCUT2D eigenvalue weighted by atomic mass is 16.6. The molecule has 0 spiro atoms. The summed E-state index contributed by atoms with van der Waals surface area (Å²) in [4.78, 5) is 12.1. The van der Waals surface area contributed by atoms with Crippen molar-refractivity contribution in [2.75, 3.05) is 36.5 Å². The van der Waals surface area contributed by atoms with Gasteiger partial charge in [-0.2, -0.15) is 4.98 Å². The van der Waals surface area contributed by atoms with Crippen molar-refractivity contribution in [1.29, 1.82) is 0 Å². The molecule has 1 N–H and O–H groups in total. The predicted octanol–water partition coefficient (Wildman–Crippen LogP) is 4.53. The van der Waals surface area contributed by atoms with Crippen LogP contribution in [-0.2, 0) is 0 Å². The van der Waals surface area contributed by atoms with Gasteiger partial charge < -0.3 is 19.7 Å². The minimum absolute atomic E-state index is 0.571. The van der Waals surface area contributed by atoms with Gasteiger partial charge in [0.1, 0.15) is 19.0 Å². The first-order valence-electron chi connectivity index (χ1n) is 10.1. The van der Waals surface area contributed by atoms with Crippen molar-refractivity contribution >= 4 is 28.4 Å². The number of benzene rings is 2. The van der Waals surface area contributed by atoms with Gasteiger partial charge >= 0.3 is 0 Å². The number of rotatable bonds is 3. The summed E-state index contributed by atoms with van der Waals surface area (Å²) >= 11 is 0. The van der Waals surface area contributed by atoms with E-state index in [1.807, 2.05) is 30.3 Å². The monoisotopic (exact) mass is 376 g/mol. The van der Waals surface area contributed by atoms with E-state index in [0.29, 0.717) is 19.2 Å². The number of fused-ring (bicyclic) bond motifs is 2. The van der Waals surface area contributed by atoms with Gasteiger partial charge in [0.25, 0.3) is 0 Å². The molecule has 5 rings (SSSR count). The Morgan fingerprint density at radius 3 is 2.46 bits per heavy atom. The van der Waals surface area contributed by atoms with Crippen molar-refractivity contribution in [3.8, 4) is 11.5 Å². The Bertz CT molecular complexity index is 983. The average Bonchev–Trinajstić information content (AvgIpc) is 3.02. The topological polar surface area (TPSA) is 59.5 Å². The molecule has 0 radical (unpaired) electrons. The van der Waals surface area contributed by atoms with Crippen molar-refractivity contribution in [1.82, 2.24) is 9.97 Å². The van der Waals surface area contributed by atoms with Crippen LogP contribution in [0.4, 0.5) is 17.5 Å². The number of nitrogens with one attached hydrogen (secondary N) is 1. The average molecular weight is 376 g/mol. The van der Waals surface area contributed by atoms with Crippen LogP contribution in [0.1, 0.15) is 25.7 Å².